The van der Waals surface area contributed by atoms with E-state index >= 15 is 0 Å². The molecule has 0 aliphatic carbocycles. The molecule has 1 aromatic rings. The van der Waals surface area contributed by atoms with Gasteiger partial charge in [0.15, 0.2) is 33.7 Å². The van der Waals surface area contributed by atoms with Crippen molar-refractivity contribution in [2.24, 2.45) is 5.73 Å². The fraction of sp³-hybridized carbons (Fsp3) is 0.462. The highest BCUT2D eigenvalue weighted by atomic mass is 27.0. The number of alkyl halides is 6. The number of benzene rings is 1. The molecule has 0 fully saturated rings. The summed E-state index contributed by atoms with van der Waals surface area (Å²) in [5.74, 6) is -7.28. The molecule has 1 atom stereocenters. The van der Waals surface area contributed by atoms with Crippen LogP contribution < -0.4 is 14.9 Å². The second kappa shape index (κ2) is 7.42. The number of ether oxygens (including phenoxy) is 1. The lowest BCUT2D eigenvalue weighted by atomic mass is 9.85. The molecule has 0 saturated carbocycles. The van der Waals surface area contributed by atoms with E-state index in [0.29, 0.717) is 7.11 Å². The third-order valence-corrected chi connectivity index (χ3v) is 4.14. The average Bonchev–Trinajstić information content (AvgIpc) is 2.50. The fourth-order valence-corrected chi connectivity index (χ4v) is 2.79. The highest BCUT2D eigenvalue weighted by Gasteiger charge is 2.72. The Hall–Kier alpha value is -1.62. The zero-order valence-corrected chi connectivity index (χ0v) is 14.3. The first-order chi connectivity index (χ1) is 12.0. The van der Waals surface area contributed by atoms with Crippen molar-refractivity contribution in [1.29, 1.82) is 0 Å². The van der Waals surface area contributed by atoms with E-state index in [-0.39, 0.29) is 0 Å². The van der Waals surface area contributed by atoms with Crippen molar-refractivity contribution in [2.75, 3.05) is 7.11 Å². The van der Waals surface area contributed by atoms with Gasteiger partial charge < -0.3 is 20.7 Å². The largest absolute Gasteiger partial charge is 0.491 e. The van der Waals surface area contributed by atoms with Crippen LogP contribution in [-0.2, 0) is 16.8 Å². The normalized spacial score (nSPS) is 14.2. The standard InChI is InChI=1S/C13H10F8NO4.Al/c1-26-9-6(14)3-5(4(8(9)15)2-7(22)10(23)24)11(25,12(16,17)18)13(19,20)21;/h7,25H,2,22H2,1H3,(H,23,24);. The Morgan fingerprint density at radius 3 is 1.93 bits per heavy atom. The van der Waals surface area contributed by atoms with Crippen molar-refractivity contribution in [3.8, 4) is 5.75 Å². The number of halogens is 8. The van der Waals surface area contributed by atoms with Gasteiger partial charge in [0.1, 0.15) is 6.04 Å². The Bertz CT molecular complexity index is 736. The minimum atomic E-state index is -6.47. The molecule has 1 aromatic carbocycles. The second-order valence-electron chi connectivity index (χ2n) is 5.28. The molecule has 27 heavy (non-hydrogen) atoms. The van der Waals surface area contributed by atoms with E-state index in [0.717, 1.165) is 0 Å². The maximum Gasteiger partial charge on any atom is 0.430 e. The molecule has 0 aliphatic rings. The van der Waals surface area contributed by atoms with E-state index in [2.05, 4.69) is 4.74 Å². The van der Waals surface area contributed by atoms with Gasteiger partial charge in [0.2, 0.25) is 0 Å². The molecule has 2 radical (unpaired) electrons. The van der Waals surface area contributed by atoms with Crippen molar-refractivity contribution in [2.45, 2.75) is 30.4 Å². The van der Waals surface area contributed by atoms with Gasteiger partial charge in [0, 0.05) is 6.42 Å². The number of carboxylic acid groups (broad SMARTS) is 1. The van der Waals surface area contributed by atoms with E-state index in [4.69, 9.17) is 10.8 Å². The predicted molar refractivity (Wildman–Crippen MR) is 73.6 cm³/mol. The van der Waals surface area contributed by atoms with Crippen molar-refractivity contribution >= 4 is 26.7 Å². The topological polar surface area (TPSA) is 92.8 Å². The lowest BCUT2D eigenvalue weighted by molar-refractivity contribution is -0.376. The van der Waals surface area contributed by atoms with Crippen LogP contribution in [0.3, 0.4) is 0 Å². The van der Waals surface area contributed by atoms with Crippen molar-refractivity contribution < 1.29 is 54.9 Å². The van der Waals surface area contributed by atoms with Crippen LogP contribution in [0.5, 0.6) is 5.75 Å². The quantitative estimate of drug-likeness (QED) is 0.486. The fourth-order valence-electron chi connectivity index (χ4n) is 2.27. The van der Waals surface area contributed by atoms with Gasteiger partial charge in [-0.2, -0.15) is 26.3 Å². The molecule has 0 bridgehead atoms. The van der Waals surface area contributed by atoms with Gasteiger partial charge in [-0.25, -0.2) is 8.78 Å². The summed E-state index contributed by atoms with van der Waals surface area (Å²) in [5, 5.41) is 18.3. The summed E-state index contributed by atoms with van der Waals surface area (Å²) in [4.78, 5) is 10.8. The van der Waals surface area contributed by atoms with Gasteiger partial charge in [-0.05, 0) is 11.1 Å². The Morgan fingerprint density at radius 1 is 1.15 bits per heavy atom. The highest BCUT2D eigenvalue weighted by molar-refractivity contribution is 6.34. The van der Waals surface area contributed by atoms with Gasteiger partial charge in [-0.15, -0.1) is 0 Å². The van der Waals surface area contributed by atoms with Gasteiger partial charge in [-0.3, -0.25) is 4.79 Å². The molecule has 5 nitrogen and oxygen atoms in total. The number of hydrogen-bond donors (Lipinski definition) is 3. The lowest BCUT2D eigenvalue weighted by Crippen LogP contribution is -2.57. The molecule has 1 unspecified atom stereocenters. The van der Waals surface area contributed by atoms with Crippen molar-refractivity contribution in [3.63, 3.8) is 0 Å². The Kier molecular flexibility index (Phi) is 6.44. The maximum atomic E-state index is 14.4. The van der Waals surface area contributed by atoms with E-state index in [9.17, 15) is 45.0 Å². The molecule has 4 N–H and O–H groups in total. The molecule has 0 spiro atoms. The zero-order chi connectivity index (χ0) is 21.5. The van der Waals surface area contributed by atoms with Crippen LogP contribution in [0.1, 0.15) is 11.1 Å². The Labute approximate surface area is 154 Å². The molecular weight excluding hydrogens is 413 g/mol. The van der Waals surface area contributed by atoms with E-state index in [1.807, 2.05) is 0 Å². The Balaban J connectivity index is 4.08. The SMILES string of the molecule is COc1c(F)[c]([Al])c(C(O)(C(F)(F)F)C(F)(F)F)c(CC(N)C(=O)O)c1F. The van der Waals surface area contributed by atoms with Crippen molar-refractivity contribution in [3.05, 3.63) is 22.8 Å². The number of rotatable bonds is 5. The average molecular weight is 423 g/mol. The van der Waals surface area contributed by atoms with Crippen LogP contribution in [0.15, 0.2) is 0 Å². The second-order valence-corrected chi connectivity index (χ2v) is 5.86. The van der Waals surface area contributed by atoms with Gasteiger partial charge in [-0.1, -0.05) is 4.43 Å². The molecule has 1 rings (SSSR count). The number of carbonyl (C=O) groups is 1. The summed E-state index contributed by atoms with van der Waals surface area (Å²) < 4.78 is 110. The number of nitrogens with two attached hydrogens (primary N) is 1. The van der Waals surface area contributed by atoms with E-state index in [1.54, 1.807) is 0 Å². The smallest absolute Gasteiger partial charge is 0.430 e. The molecule has 14 heteroatoms. The first kappa shape index (κ1) is 23.4. The third-order valence-electron chi connectivity index (χ3n) is 3.60. The first-order valence-corrected chi connectivity index (χ1v) is 7.28. The molecule has 0 amide bonds. The van der Waals surface area contributed by atoms with E-state index < -0.39 is 69.3 Å². The predicted octanol–water partition coefficient (Wildman–Crippen LogP) is 1.03. The van der Waals surface area contributed by atoms with Crippen LogP contribution in [-0.4, -0.2) is 58.0 Å². The zero-order valence-electron chi connectivity index (χ0n) is 13.2. The van der Waals surface area contributed by atoms with E-state index in [1.165, 1.54) is 16.3 Å². The number of methoxy groups -OCH3 is 1. The number of aliphatic carboxylic acids is 1. The van der Waals surface area contributed by atoms with Gasteiger partial charge >= 0.3 is 18.3 Å². The summed E-state index contributed by atoms with van der Waals surface area (Å²) in [6, 6.07) is -2.16. The minimum absolute atomic E-state index is 0.673. The molecule has 0 heterocycles. The number of carboxylic acids is 1. The van der Waals surface area contributed by atoms with Crippen LogP contribution in [0, 0.1) is 11.6 Å². The number of hydrogen-bond acceptors (Lipinski definition) is 4. The maximum absolute atomic E-state index is 14.4. The monoisotopic (exact) mass is 423 g/mol. The van der Waals surface area contributed by atoms with Crippen LogP contribution in [0.2, 0.25) is 0 Å². The van der Waals surface area contributed by atoms with Crippen LogP contribution >= 0.6 is 0 Å². The van der Waals surface area contributed by atoms with Gasteiger partial charge in [0.05, 0.1) is 7.11 Å². The third kappa shape index (κ3) is 3.84. The van der Waals surface area contributed by atoms with Gasteiger partial charge in [0.25, 0.3) is 5.60 Å². The Morgan fingerprint density at radius 2 is 1.59 bits per heavy atom. The minimum Gasteiger partial charge on any atom is -0.491 e. The highest BCUT2D eigenvalue weighted by Crippen LogP contribution is 2.51. The van der Waals surface area contributed by atoms with Crippen molar-refractivity contribution in [1.82, 2.24) is 0 Å². The molecule has 0 aliphatic heterocycles. The molecule has 150 valence electrons. The summed E-state index contributed by atoms with van der Waals surface area (Å²) >= 11 is 1.18. The summed E-state index contributed by atoms with van der Waals surface area (Å²) in [6.07, 6.45) is -14.4. The first-order valence-electron chi connectivity index (χ1n) is 6.70. The summed E-state index contributed by atoms with van der Waals surface area (Å²) in [7, 11) is 0.673. The molecular formula is C13H10AlF8NO4. The summed E-state index contributed by atoms with van der Waals surface area (Å²) in [6.45, 7) is 0. The lowest BCUT2D eigenvalue weighted by Gasteiger charge is -2.36. The number of aliphatic hydroxyl groups is 1. The van der Waals surface area contributed by atoms with Crippen LogP contribution in [0.25, 0.3) is 0 Å². The summed E-state index contributed by atoms with van der Waals surface area (Å²) in [5.41, 5.74) is -4.50. The molecule has 0 saturated heterocycles. The van der Waals surface area contributed by atoms with Crippen LogP contribution in [0.4, 0.5) is 35.1 Å². The molecule has 0 aromatic heterocycles.